The highest BCUT2D eigenvalue weighted by molar-refractivity contribution is 7.25. The molecule has 0 fully saturated rings. The third kappa shape index (κ3) is 4.11. The van der Waals surface area contributed by atoms with E-state index in [-0.39, 0.29) is 0 Å². The standard InChI is InChI=1S/C40H25N3S/c1-2-14-31(15-3-1)43(32-20-18-26-10-4-5-11-27(26)22-32)40-41-36-17-9-8-16-33(36)39(42-40)30-19-21-37-34(24-30)35-23-28-12-6-7-13-29(28)25-38(35)44-37/h1-25H. The fourth-order valence-electron chi connectivity index (χ4n) is 6.27. The third-order valence-corrected chi connectivity index (χ3v) is 9.54. The lowest BCUT2D eigenvalue weighted by molar-refractivity contribution is 1.11. The lowest BCUT2D eigenvalue weighted by atomic mass is 10.0. The zero-order valence-electron chi connectivity index (χ0n) is 23.7. The number of hydrogen-bond donors (Lipinski definition) is 0. The van der Waals surface area contributed by atoms with Crippen LogP contribution in [-0.2, 0) is 0 Å². The van der Waals surface area contributed by atoms with Crippen LogP contribution in [0.2, 0.25) is 0 Å². The van der Waals surface area contributed by atoms with Crippen LogP contribution in [0.25, 0.3) is 63.9 Å². The summed E-state index contributed by atoms with van der Waals surface area (Å²) in [6.45, 7) is 0. The number of hydrogen-bond acceptors (Lipinski definition) is 4. The Bertz CT molecular complexity index is 2520. The van der Waals surface area contributed by atoms with Gasteiger partial charge in [0.25, 0.3) is 0 Å². The van der Waals surface area contributed by atoms with E-state index in [4.69, 9.17) is 9.97 Å². The Balaban J connectivity index is 1.28. The first-order chi connectivity index (χ1) is 21.8. The summed E-state index contributed by atoms with van der Waals surface area (Å²) in [5.74, 6) is 0.640. The zero-order valence-corrected chi connectivity index (χ0v) is 24.5. The Morgan fingerprint density at radius 3 is 1.95 bits per heavy atom. The molecule has 0 saturated heterocycles. The second-order valence-corrected chi connectivity index (χ2v) is 12.2. The van der Waals surface area contributed by atoms with Crippen molar-refractivity contribution in [1.82, 2.24) is 9.97 Å². The molecular formula is C40H25N3S. The Morgan fingerprint density at radius 1 is 0.432 bits per heavy atom. The summed E-state index contributed by atoms with van der Waals surface area (Å²) in [7, 11) is 0. The Morgan fingerprint density at radius 2 is 1.11 bits per heavy atom. The molecule has 0 spiro atoms. The first-order valence-corrected chi connectivity index (χ1v) is 15.6. The summed E-state index contributed by atoms with van der Waals surface area (Å²) in [5.41, 5.74) is 4.94. The number of benzene rings is 7. The number of rotatable bonds is 4. The van der Waals surface area contributed by atoms with Gasteiger partial charge in [0.2, 0.25) is 5.95 Å². The SMILES string of the molecule is c1ccc(N(c2ccc3ccccc3c2)c2nc(-c3ccc4sc5cc6ccccc6cc5c4c3)c3ccccc3n2)cc1. The Labute approximate surface area is 258 Å². The number of nitrogens with zero attached hydrogens (tertiary/aromatic N) is 3. The number of thiophene rings is 1. The predicted molar refractivity (Wildman–Crippen MR) is 188 cm³/mol. The number of anilines is 3. The van der Waals surface area contributed by atoms with E-state index in [1.165, 1.54) is 41.7 Å². The average molecular weight is 580 g/mol. The molecule has 0 aliphatic rings. The maximum absolute atomic E-state index is 5.34. The van der Waals surface area contributed by atoms with Crippen LogP contribution in [0.15, 0.2) is 152 Å². The van der Waals surface area contributed by atoms with Crippen LogP contribution < -0.4 is 4.90 Å². The van der Waals surface area contributed by atoms with E-state index in [1.807, 2.05) is 23.5 Å². The second kappa shape index (κ2) is 10.0. The molecule has 4 heteroatoms. The molecule has 0 bridgehead atoms. The van der Waals surface area contributed by atoms with E-state index >= 15 is 0 Å². The first kappa shape index (κ1) is 25.0. The maximum atomic E-state index is 5.34. The minimum atomic E-state index is 0.640. The largest absolute Gasteiger partial charge is 0.279 e. The molecule has 0 saturated carbocycles. The summed E-state index contributed by atoms with van der Waals surface area (Å²) in [4.78, 5) is 12.7. The highest BCUT2D eigenvalue weighted by atomic mass is 32.1. The van der Waals surface area contributed by atoms with Crippen molar-refractivity contribution in [1.29, 1.82) is 0 Å². The van der Waals surface area contributed by atoms with Crippen LogP contribution in [0.4, 0.5) is 17.3 Å². The predicted octanol–water partition coefficient (Wildman–Crippen LogP) is 11.4. The summed E-state index contributed by atoms with van der Waals surface area (Å²) < 4.78 is 2.58. The summed E-state index contributed by atoms with van der Waals surface area (Å²) in [6, 6.07) is 53.7. The van der Waals surface area contributed by atoms with Gasteiger partial charge in [0.05, 0.1) is 11.2 Å². The van der Waals surface area contributed by atoms with Gasteiger partial charge in [-0.25, -0.2) is 9.97 Å². The molecule has 206 valence electrons. The topological polar surface area (TPSA) is 29.0 Å². The molecule has 0 aliphatic heterocycles. The maximum Gasteiger partial charge on any atom is 0.235 e. The molecule has 0 N–H and O–H groups in total. The fourth-order valence-corrected chi connectivity index (χ4v) is 7.38. The van der Waals surface area contributed by atoms with Gasteiger partial charge in [-0.3, -0.25) is 4.90 Å². The Kier molecular flexibility index (Phi) is 5.68. The van der Waals surface area contributed by atoms with E-state index < -0.39 is 0 Å². The van der Waals surface area contributed by atoms with Crippen LogP contribution >= 0.6 is 11.3 Å². The molecule has 0 atom stereocenters. The Hall–Kier alpha value is -5.58. The van der Waals surface area contributed by atoms with Gasteiger partial charge in [-0.1, -0.05) is 97.1 Å². The molecule has 0 amide bonds. The smallest absolute Gasteiger partial charge is 0.235 e. The van der Waals surface area contributed by atoms with Crippen molar-refractivity contribution in [3.8, 4) is 11.3 Å². The molecule has 44 heavy (non-hydrogen) atoms. The fraction of sp³-hybridized carbons (Fsp3) is 0. The molecular weight excluding hydrogens is 555 g/mol. The molecule has 0 aliphatic carbocycles. The normalized spacial score (nSPS) is 11.6. The first-order valence-electron chi connectivity index (χ1n) is 14.7. The molecule has 3 nitrogen and oxygen atoms in total. The number of fused-ring (bicyclic) bond motifs is 6. The van der Waals surface area contributed by atoms with Crippen LogP contribution in [0.5, 0.6) is 0 Å². The molecule has 9 aromatic rings. The van der Waals surface area contributed by atoms with Gasteiger partial charge in [0.15, 0.2) is 0 Å². The van der Waals surface area contributed by atoms with Gasteiger partial charge in [0, 0.05) is 42.5 Å². The van der Waals surface area contributed by atoms with Crippen molar-refractivity contribution in [2.24, 2.45) is 0 Å². The lowest BCUT2D eigenvalue weighted by Gasteiger charge is -2.24. The van der Waals surface area contributed by atoms with E-state index in [2.05, 4.69) is 144 Å². The monoisotopic (exact) mass is 579 g/mol. The van der Waals surface area contributed by atoms with Gasteiger partial charge in [-0.05, 0) is 76.1 Å². The quantitative estimate of drug-likeness (QED) is 0.208. The average Bonchev–Trinajstić information content (AvgIpc) is 3.44. The highest BCUT2D eigenvalue weighted by Gasteiger charge is 2.19. The van der Waals surface area contributed by atoms with Crippen LogP contribution in [-0.4, -0.2) is 9.97 Å². The van der Waals surface area contributed by atoms with Crippen LogP contribution in [0.3, 0.4) is 0 Å². The van der Waals surface area contributed by atoms with Gasteiger partial charge in [-0.15, -0.1) is 11.3 Å². The van der Waals surface area contributed by atoms with Crippen molar-refractivity contribution in [3.63, 3.8) is 0 Å². The summed E-state index contributed by atoms with van der Waals surface area (Å²) in [6.07, 6.45) is 0. The van der Waals surface area contributed by atoms with E-state index in [1.54, 1.807) is 0 Å². The van der Waals surface area contributed by atoms with E-state index in [0.717, 1.165) is 33.5 Å². The minimum absolute atomic E-state index is 0.640. The van der Waals surface area contributed by atoms with Crippen molar-refractivity contribution in [2.75, 3.05) is 4.90 Å². The number of aromatic nitrogens is 2. The highest BCUT2D eigenvalue weighted by Crippen LogP contribution is 2.41. The van der Waals surface area contributed by atoms with E-state index in [0.29, 0.717) is 5.95 Å². The lowest BCUT2D eigenvalue weighted by Crippen LogP contribution is -2.14. The molecule has 2 heterocycles. The van der Waals surface area contributed by atoms with Gasteiger partial charge in [-0.2, -0.15) is 0 Å². The van der Waals surface area contributed by atoms with Gasteiger partial charge < -0.3 is 0 Å². The van der Waals surface area contributed by atoms with Crippen LogP contribution in [0, 0.1) is 0 Å². The molecule has 7 aromatic carbocycles. The summed E-state index contributed by atoms with van der Waals surface area (Å²) in [5, 5.41) is 8.48. The van der Waals surface area contributed by atoms with Crippen molar-refractivity contribution in [2.45, 2.75) is 0 Å². The van der Waals surface area contributed by atoms with Crippen molar-refractivity contribution in [3.05, 3.63) is 152 Å². The van der Waals surface area contributed by atoms with Crippen LogP contribution in [0.1, 0.15) is 0 Å². The molecule has 0 radical (unpaired) electrons. The molecule has 0 unspecified atom stereocenters. The van der Waals surface area contributed by atoms with E-state index in [9.17, 15) is 0 Å². The molecule has 9 rings (SSSR count). The van der Waals surface area contributed by atoms with Gasteiger partial charge >= 0.3 is 0 Å². The minimum Gasteiger partial charge on any atom is -0.279 e. The molecule has 2 aromatic heterocycles. The summed E-state index contributed by atoms with van der Waals surface area (Å²) >= 11 is 1.85. The van der Waals surface area contributed by atoms with Gasteiger partial charge in [0.1, 0.15) is 0 Å². The zero-order chi connectivity index (χ0) is 29.0. The number of para-hydroxylation sites is 2. The van der Waals surface area contributed by atoms with Crippen molar-refractivity contribution >= 4 is 81.3 Å². The van der Waals surface area contributed by atoms with Crippen molar-refractivity contribution < 1.29 is 0 Å². The third-order valence-electron chi connectivity index (χ3n) is 8.41. The second-order valence-electron chi connectivity index (χ2n) is 11.1.